The van der Waals surface area contributed by atoms with Gasteiger partial charge in [-0.25, -0.2) is 0 Å². The molecule has 1 N–H and O–H groups in total. The number of nitro benzene ring substituents is 1. The van der Waals surface area contributed by atoms with Gasteiger partial charge in [0.1, 0.15) is 5.75 Å². The lowest BCUT2D eigenvalue weighted by atomic mass is 9.97. The molecule has 1 fully saturated rings. The van der Waals surface area contributed by atoms with Crippen LogP contribution in [-0.4, -0.2) is 51.9 Å². The molecule has 10 heteroatoms. The maximum absolute atomic E-state index is 11.3. The van der Waals surface area contributed by atoms with E-state index in [-0.39, 0.29) is 17.8 Å². The maximum Gasteiger partial charge on any atom is 0.273 e. The van der Waals surface area contributed by atoms with Crippen molar-refractivity contribution in [1.29, 1.82) is 0 Å². The molecule has 0 unspecified atom stereocenters. The number of nitro groups is 1. The Balaban J connectivity index is 1.84. The van der Waals surface area contributed by atoms with Crippen LogP contribution in [-0.2, 0) is 4.74 Å². The summed E-state index contributed by atoms with van der Waals surface area (Å²) in [5, 5.41) is 15.4. The number of aromatic nitrogens is 2. The normalized spacial score (nSPS) is 17.6. The zero-order valence-corrected chi connectivity index (χ0v) is 20.3. The minimum atomic E-state index is -0.427. The minimum Gasteiger partial charge on any atom is -0.494 e. The van der Waals surface area contributed by atoms with Crippen LogP contribution in [0.5, 0.6) is 5.75 Å². The first kappa shape index (κ1) is 23.7. The van der Waals surface area contributed by atoms with E-state index in [1.165, 1.54) is 19.2 Å². The average molecular weight is 482 g/mol. The van der Waals surface area contributed by atoms with E-state index in [2.05, 4.69) is 25.8 Å². The second kappa shape index (κ2) is 9.78. The smallest absolute Gasteiger partial charge is 0.273 e. The van der Waals surface area contributed by atoms with Crippen LogP contribution in [0.4, 0.5) is 5.69 Å². The predicted octanol–water partition coefficient (Wildman–Crippen LogP) is 4.02. The van der Waals surface area contributed by atoms with Gasteiger partial charge in [0, 0.05) is 37.3 Å². The molecule has 3 aromatic rings. The summed E-state index contributed by atoms with van der Waals surface area (Å²) in [6, 6.07) is 12.4. The number of non-ortho nitro benzene ring substituents is 1. The number of thiocarbonyl (C=S) groups is 1. The summed E-state index contributed by atoms with van der Waals surface area (Å²) in [6.07, 6.45) is 1.78. The van der Waals surface area contributed by atoms with E-state index in [0.717, 1.165) is 28.3 Å². The second-order valence-corrected chi connectivity index (χ2v) is 8.47. The molecule has 34 heavy (non-hydrogen) atoms. The zero-order chi connectivity index (χ0) is 24.4. The lowest BCUT2D eigenvalue weighted by Gasteiger charge is -2.28. The Morgan fingerprint density at radius 2 is 2.00 bits per heavy atom. The van der Waals surface area contributed by atoms with Crippen molar-refractivity contribution >= 4 is 23.0 Å². The van der Waals surface area contributed by atoms with Crippen molar-refractivity contribution in [2.75, 3.05) is 27.4 Å². The average Bonchev–Trinajstić information content (AvgIpc) is 3.32. The first-order chi connectivity index (χ1) is 16.4. The quantitative estimate of drug-likeness (QED) is 0.293. The van der Waals surface area contributed by atoms with Crippen molar-refractivity contribution in [1.82, 2.24) is 19.8 Å². The molecule has 1 saturated heterocycles. The molecule has 0 bridgehead atoms. The Labute approximate surface area is 203 Å². The van der Waals surface area contributed by atoms with Crippen molar-refractivity contribution in [3.05, 3.63) is 81.4 Å². The third-order valence-electron chi connectivity index (χ3n) is 6.14. The molecule has 1 aromatic carbocycles. The SMILES string of the molecule is COCCN1C(=S)N[C@@H](c2ccccn2)[C@@H]1c1cc(C)n(-c2ccc([N+](=O)[O-])cc2OC)c1C. The number of rotatable bonds is 8. The van der Waals surface area contributed by atoms with Crippen LogP contribution in [0.2, 0.25) is 0 Å². The topological polar surface area (TPSA) is 94.7 Å². The van der Waals surface area contributed by atoms with Crippen LogP contribution in [0.1, 0.15) is 34.7 Å². The number of nitrogens with one attached hydrogen (secondary N) is 1. The van der Waals surface area contributed by atoms with Gasteiger partial charge in [-0.05, 0) is 55.9 Å². The third kappa shape index (κ3) is 4.22. The summed E-state index contributed by atoms with van der Waals surface area (Å²) in [5.41, 5.74) is 4.66. The molecule has 2 atom stereocenters. The number of hydrogen-bond donors (Lipinski definition) is 1. The van der Waals surface area contributed by atoms with Gasteiger partial charge in [0.25, 0.3) is 5.69 Å². The van der Waals surface area contributed by atoms with Crippen LogP contribution in [0.3, 0.4) is 0 Å². The Bertz CT molecular complexity index is 1210. The second-order valence-electron chi connectivity index (χ2n) is 8.09. The highest BCUT2D eigenvalue weighted by Crippen LogP contribution is 2.42. The minimum absolute atomic E-state index is 0.0189. The van der Waals surface area contributed by atoms with Crippen LogP contribution < -0.4 is 10.1 Å². The summed E-state index contributed by atoms with van der Waals surface area (Å²) in [6.45, 7) is 5.20. The van der Waals surface area contributed by atoms with Crippen molar-refractivity contribution in [3.8, 4) is 11.4 Å². The van der Waals surface area contributed by atoms with Crippen molar-refractivity contribution < 1.29 is 14.4 Å². The summed E-state index contributed by atoms with van der Waals surface area (Å²) >= 11 is 5.70. The Morgan fingerprint density at radius 3 is 2.65 bits per heavy atom. The fourth-order valence-corrected chi connectivity index (χ4v) is 4.93. The van der Waals surface area contributed by atoms with Crippen molar-refractivity contribution in [3.63, 3.8) is 0 Å². The van der Waals surface area contributed by atoms with Crippen molar-refractivity contribution in [2.45, 2.75) is 25.9 Å². The van der Waals surface area contributed by atoms with E-state index < -0.39 is 4.92 Å². The van der Waals surface area contributed by atoms with Gasteiger partial charge < -0.3 is 24.3 Å². The van der Waals surface area contributed by atoms with Crippen LogP contribution >= 0.6 is 12.2 Å². The molecule has 178 valence electrons. The van der Waals surface area contributed by atoms with E-state index in [9.17, 15) is 10.1 Å². The highest BCUT2D eigenvalue weighted by molar-refractivity contribution is 7.80. The Morgan fingerprint density at radius 1 is 1.21 bits per heavy atom. The predicted molar refractivity (Wildman–Crippen MR) is 132 cm³/mol. The molecule has 4 rings (SSSR count). The standard InChI is InChI=1S/C24H27N5O4S/c1-15-13-18(16(2)28(15)20-9-8-17(29(30)31)14-21(20)33-4)23-22(19-7-5-6-10-25-19)26-24(34)27(23)11-12-32-3/h5-10,13-14,22-23H,11-12H2,1-4H3,(H,26,34)/t22-,23-/m0/s1. The molecule has 1 aliphatic rings. The monoisotopic (exact) mass is 481 g/mol. The van der Waals surface area contributed by atoms with E-state index in [1.54, 1.807) is 19.4 Å². The number of pyridine rings is 1. The summed E-state index contributed by atoms with van der Waals surface area (Å²) in [7, 11) is 3.19. The zero-order valence-electron chi connectivity index (χ0n) is 19.5. The molecule has 1 aliphatic heterocycles. The number of nitrogens with zero attached hydrogens (tertiary/aromatic N) is 4. The molecular weight excluding hydrogens is 454 g/mol. The highest BCUT2D eigenvalue weighted by atomic mass is 32.1. The summed E-state index contributed by atoms with van der Waals surface area (Å²) < 4.78 is 12.9. The number of ether oxygens (including phenoxy) is 2. The van der Waals surface area contributed by atoms with Gasteiger partial charge in [-0.2, -0.15) is 0 Å². The summed E-state index contributed by atoms with van der Waals surface area (Å²) in [5.74, 6) is 0.431. The molecule has 0 aliphatic carbocycles. The molecule has 2 aromatic heterocycles. The van der Waals surface area contributed by atoms with Crippen molar-refractivity contribution in [2.24, 2.45) is 0 Å². The molecule has 0 saturated carbocycles. The van der Waals surface area contributed by atoms with E-state index in [4.69, 9.17) is 21.7 Å². The fourth-order valence-electron chi connectivity index (χ4n) is 4.60. The van der Waals surface area contributed by atoms with Crippen LogP contribution in [0.15, 0.2) is 48.7 Å². The van der Waals surface area contributed by atoms with Crippen LogP contribution in [0, 0.1) is 24.0 Å². The van der Waals surface area contributed by atoms with Crippen LogP contribution in [0.25, 0.3) is 5.69 Å². The van der Waals surface area contributed by atoms with Gasteiger partial charge in [-0.15, -0.1) is 0 Å². The molecule has 0 amide bonds. The number of benzene rings is 1. The molecule has 9 nitrogen and oxygen atoms in total. The van der Waals surface area contributed by atoms with E-state index in [0.29, 0.717) is 24.0 Å². The fraction of sp³-hybridized carbons (Fsp3) is 0.333. The molecule has 3 heterocycles. The van der Waals surface area contributed by atoms with E-state index >= 15 is 0 Å². The van der Waals surface area contributed by atoms with Gasteiger partial charge in [0.15, 0.2) is 5.11 Å². The van der Waals surface area contributed by atoms with Gasteiger partial charge in [0.2, 0.25) is 0 Å². The lowest BCUT2D eigenvalue weighted by molar-refractivity contribution is -0.384. The van der Waals surface area contributed by atoms with Gasteiger partial charge in [0.05, 0.1) is 48.2 Å². The van der Waals surface area contributed by atoms with Gasteiger partial charge in [-0.3, -0.25) is 15.1 Å². The first-order valence-corrected chi connectivity index (χ1v) is 11.3. The first-order valence-electron chi connectivity index (χ1n) is 10.9. The Kier molecular flexibility index (Phi) is 6.80. The largest absolute Gasteiger partial charge is 0.494 e. The molecule has 0 radical (unpaired) electrons. The maximum atomic E-state index is 11.3. The Hall–Kier alpha value is -3.50. The van der Waals surface area contributed by atoms with E-state index in [1.807, 2.05) is 32.0 Å². The lowest BCUT2D eigenvalue weighted by Crippen LogP contribution is -2.32. The molecular formula is C24H27N5O4S. The van der Waals surface area contributed by atoms with Gasteiger partial charge >= 0.3 is 0 Å². The molecule has 0 spiro atoms. The highest BCUT2D eigenvalue weighted by Gasteiger charge is 2.41. The number of methoxy groups -OCH3 is 2. The number of aryl methyl sites for hydroxylation is 1. The number of hydrogen-bond acceptors (Lipinski definition) is 6. The summed E-state index contributed by atoms with van der Waals surface area (Å²) in [4.78, 5) is 17.5. The van der Waals surface area contributed by atoms with Gasteiger partial charge in [-0.1, -0.05) is 6.07 Å². The third-order valence-corrected chi connectivity index (χ3v) is 6.49.